The average Bonchev–Trinajstić information content (AvgIpc) is 2.36. The second kappa shape index (κ2) is 4.53. The lowest BCUT2D eigenvalue weighted by Gasteiger charge is -2.17. The zero-order valence-corrected chi connectivity index (χ0v) is 9.90. The first-order valence-corrected chi connectivity index (χ1v) is 5.57. The largest absolute Gasteiger partial charge is 0.315 e. The summed E-state index contributed by atoms with van der Waals surface area (Å²) in [6.45, 7) is 1.83. The van der Waals surface area contributed by atoms with Gasteiger partial charge in [-0.05, 0) is 35.0 Å². The Balaban J connectivity index is 2.44. The van der Waals surface area contributed by atoms with Gasteiger partial charge >= 0.3 is 0 Å². The van der Waals surface area contributed by atoms with Gasteiger partial charge in [-0.1, -0.05) is 19.1 Å². The van der Waals surface area contributed by atoms with Crippen LogP contribution < -0.4 is 4.90 Å². The van der Waals surface area contributed by atoms with E-state index in [1.807, 2.05) is 25.1 Å². The molecule has 3 heteroatoms. The number of carbonyl (C=O) groups is 1. The average molecular weight is 231 g/mol. The topological polar surface area (TPSA) is 20.3 Å². The molecule has 2 nitrogen and oxygen atoms in total. The molecule has 0 fully saturated rings. The number of rotatable bonds is 2. The van der Waals surface area contributed by atoms with E-state index in [0.717, 1.165) is 16.5 Å². The summed E-state index contributed by atoms with van der Waals surface area (Å²) < 4.78 is 13.0. The molecule has 0 aliphatic carbocycles. The maximum absolute atomic E-state index is 13.0. The minimum atomic E-state index is -0.247. The van der Waals surface area contributed by atoms with Gasteiger partial charge in [-0.15, -0.1) is 0 Å². The normalized spacial score (nSPS) is 10.5. The van der Waals surface area contributed by atoms with E-state index >= 15 is 0 Å². The number of halogens is 1. The molecule has 0 N–H and O–H groups in total. The molecule has 0 aliphatic heterocycles. The second-order valence-corrected chi connectivity index (χ2v) is 3.98. The van der Waals surface area contributed by atoms with Crippen LogP contribution in [0.3, 0.4) is 0 Å². The highest BCUT2D eigenvalue weighted by atomic mass is 19.1. The fourth-order valence-corrected chi connectivity index (χ4v) is 1.79. The van der Waals surface area contributed by atoms with Crippen molar-refractivity contribution in [1.29, 1.82) is 0 Å². The Labute approximate surface area is 99.7 Å². The predicted octanol–water partition coefficient (Wildman–Crippen LogP) is 3.35. The molecule has 0 radical (unpaired) electrons. The van der Waals surface area contributed by atoms with E-state index in [1.54, 1.807) is 18.0 Å². The van der Waals surface area contributed by atoms with E-state index in [9.17, 15) is 9.18 Å². The molecule has 2 aromatic carbocycles. The number of benzene rings is 2. The third kappa shape index (κ3) is 2.28. The fourth-order valence-electron chi connectivity index (χ4n) is 1.79. The monoisotopic (exact) mass is 231 g/mol. The highest BCUT2D eigenvalue weighted by Gasteiger charge is 2.08. The van der Waals surface area contributed by atoms with Crippen molar-refractivity contribution in [2.24, 2.45) is 0 Å². The van der Waals surface area contributed by atoms with Gasteiger partial charge in [0.15, 0.2) is 0 Å². The Morgan fingerprint density at radius 1 is 1.18 bits per heavy atom. The summed E-state index contributed by atoms with van der Waals surface area (Å²) in [6.07, 6.45) is 0.470. The number of amides is 1. The van der Waals surface area contributed by atoms with Crippen LogP contribution >= 0.6 is 0 Å². The van der Waals surface area contributed by atoms with Gasteiger partial charge in [0.1, 0.15) is 5.82 Å². The van der Waals surface area contributed by atoms with Gasteiger partial charge in [0, 0.05) is 19.2 Å². The standard InChI is InChI=1S/C14H14FNO/c1-3-14(17)16(2)13-7-5-10-8-12(15)6-4-11(10)9-13/h4-9H,3H2,1-2H3. The van der Waals surface area contributed by atoms with Crippen molar-refractivity contribution < 1.29 is 9.18 Å². The smallest absolute Gasteiger partial charge is 0.226 e. The van der Waals surface area contributed by atoms with E-state index in [4.69, 9.17) is 0 Å². The lowest BCUT2D eigenvalue weighted by atomic mass is 10.1. The molecule has 88 valence electrons. The summed E-state index contributed by atoms with van der Waals surface area (Å²) in [4.78, 5) is 13.2. The number of fused-ring (bicyclic) bond motifs is 1. The summed E-state index contributed by atoms with van der Waals surface area (Å²) in [6, 6.07) is 10.2. The van der Waals surface area contributed by atoms with Crippen molar-refractivity contribution in [2.75, 3.05) is 11.9 Å². The van der Waals surface area contributed by atoms with E-state index in [-0.39, 0.29) is 11.7 Å². The SMILES string of the molecule is CCC(=O)N(C)c1ccc2cc(F)ccc2c1. The van der Waals surface area contributed by atoms with Crippen molar-refractivity contribution in [3.05, 3.63) is 42.2 Å². The number of nitrogens with zero attached hydrogens (tertiary/aromatic N) is 1. The zero-order valence-electron chi connectivity index (χ0n) is 9.90. The molecule has 17 heavy (non-hydrogen) atoms. The Morgan fingerprint density at radius 2 is 1.82 bits per heavy atom. The predicted molar refractivity (Wildman–Crippen MR) is 67.6 cm³/mol. The van der Waals surface area contributed by atoms with Crippen molar-refractivity contribution in [3.63, 3.8) is 0 Å². The third-order valence-corrected chi connectivity index (χ3v) is 2.85. The van der Waals surface area contributed by atoms with Crippen LogP contribution in [0.4, 0.5) is 10.1 Å². The molecule has 0 saturated heterocycles. The Hall–Kier alpha value is -1.90. The first kappa shape index (κ1) is 11.6. The summed E-state index contributed by atoms with van der Waals surface area (Å²) in [5.74, 6) is -0.185. The van der Waals surface area contributed by atoms with E-state index in [1.165, 1.54) is 12.1 Å². The number of carbonyl (C=O) groups excluding carboxylic acids is 1. The first-order chi connectivity index (χ1) is 8.11. The van der Waals surface area contributed by atoms with Crippen LogP contribution in [0.1, 0.15) is 13.3 Å². The van der Waals surface area contributed by atoms with Crippen LogP contribution in [0.15, 0.2) is 36.4 Å². The van der Waals surface area contributed by atoms with Gasteiger partial charge in [0.2, 0.25) is 5.91 Å². The summed E-state index contributed by atoms with van der Waals surface area (Å²) in [7, 11) is 1.75. The molecule has 2 aromatic rings. The van der Waals surface area contributed by atoms with E-state index in [2.05, 4.69) is 0 Å². The lowest BCUT2D eigenvalue weighted by Crippen LogP contribution is -2.24. The highest BCUT2D eigenvalue weighted by molar-refractivity contribution is 5.95. The van der Waals surface area contributed by atoms with Gasteiger partial charge < -0.3 is 4.90 Å². The zero-order chi connectivity index (χ0) is 12.4. The second-order valence-electron chi connectivity index (χ2n) is 3.98. The number of anilines is 1. The Bertz CT molecular complexity index is 565. The Kier molecular flexibility index (Phi) is 3.09. The van der Waals surface area contributed by atoms with Crippen molar-refractivity contribution >= 4 is 22.4 Å². The molecule has 0 saturated carbocycles. The highest BCUT2D eigenvalue weighted by Crippen LogP contribution is 2.22. The molecule has 0 bridgehead atoms. The lowest BCUT2D eigenvalue weighted by molar-refractivity contribution is -0.118. The maximum atomic E-state index is 13.0. The molecule has 0 spiro atoms. The fraction of sp³-hybridized carbons (Fsp3) is 0.214. The maximum Gasteiger partial charge on any atom is 0.226 e. The van der Waals surface area contributed by atoms with Crippen LogP contribution in [0.5, 0.6) is 0 Å². The van der Waals surface area contributed by atoms with E-state index in [0.29, 0.717) is 6.42 Å². The van der Waals surface area contributed by atoms with Gasteiger partial charge in [-0.2, -0.15) is 0 Å². The van der Waals surface area contributed by atoms with Gasteiger partial charge in [-0.25, -0.2) is 4.39 Å². The molecular weight excluding hydrogens is 217 g/mol. The minimum Gasteiger partial charge on any atom is -0.315 e. The quantitative estimate of drug-likeness (QED) is 0.776. The molecule has 0 atom stereocenters. The van der Waals surface area contributed by atoms with Crippen LogP contribution in [0, 0.1) is 5.82 Å². The van der Waals surface area contributed by atoms with Gasteiger partial charge in [0.05, 0.1) is 0 Å². The minimum absolute atomic E-state index is 0.0615. The molecule has 0 aliphatic rings. The van der Waals surface area contributed by atoms with Crippen molar-refractivity contribution in [3.8, 4) is 0 Å². The number of hydrogen-bond acceptors (Lipinski definition) is 1. The Morgan fingerprint density at radius 3 is 2.53 bits per heavy atom. The van der Waals surface area contributed by atoms with Crippen LogP contribution in [-0.2, 0) is 4.79 Å². The van der Waals surface area contributed by atoms with Crippen LogP contribution in [0.2, 0.25) is 0 Å². The molecule has 0 heterocycles. The molecule has 2 rings (SSSR count). The summed E-state index contributed by atoms with van der Waals surface area (Å²) >= 11 is 0. The van der Waals surface area contributed by atoms with Crippen molar-refractivity contribution in [1.82, 2.24) is 0 Å². The van der Waals surface area contributed by atoms with Crippen molar-refractivity contribution in [2.45, 2.75) is 13.3 Å². The third-order valence-electron chi connectivity index (χ3n) is 2.85. The summed E-state index contributed by atoms with van der Waals surface area (Å²) in [5.41, 5.74) is 0.830. The van der Waals surface area contributed by atoms with E-state index < -0.39 is 0 Å². The molecular formula is C14H14FNO. The number of hydrogen-bond donors (Lipinski definition) is 0. The van der Waals surface area contributed by atoms with Gasteiger partial charge in [0.25, 0.3) is 0 Å². The molecule has 1 amide bonds. The molecule has 0 aromatic heterocycles. The molecule has 0 unspecified atom stereocenters. The van der Waals surface area contributed by atoms with Gasteiger partial charge in [-0.3, -0.25) is 4.79 Å². The first-order valence-electron chi connectivity index (χ1n) is 5.57. The van der Waals surface area contributed by atoms with Crippen LogP contribution in [0.25, 0.3) is 10.8 Å². The van der Waals surface area contributed by atoms with Crippen LogP contribution in [-0.4, -0.2) is 13.0 Å². The summed E-state index contributed by atoms with van der Waals surface area (Å²) in [5, 5.41) is 1.77.